The first-order valence-corrected chi connectivity index (χ1v) is 16.0. The third-order valence-corrected chi connectivity index (χ3v) is 6.83. The molecule has 0 rings (SSSR count). The zero-order valence-corrected chi connectivity index (χ0v) is 30.3. The molecular weight excluding hydrogens is 608 g/mol. The molecule has 0 aliphatic rings. The predicted octanol–water partition coefficient (Wildman–Crippen LogP) is 0.720. The molecular formula is C32H58CaN4O8. The molecule has 2 unspecified atom stereocenters. The molecule has 0 aromatic rings. The van der Waals surface area contributed by atoms with E-state index in [-0.39, 0.29) is 69.3 Å². The van der Waals surface area contributed by atoms with Gasteiger partial charge in [-0.05, 0) is 64.3 Å². The van der Waals surface area contributed by atoms with E-state index in [0.29, 0.717) is 45.6 Å². The molecule has 0 saturated heterocycles. The predicted molar refractivity (Wildman–Crippen MR) is 176 cm³/mol. The Labute approximate surface area is 300 Å². The van der Waals surface area contributed by atoms with E-state index in [1.165, 1.54) is 25.5 Å². The van der Waals surface area contributed by atoms with Crippen molar-refractivity contribution in [1.82, 2.24) is 15.1 Å². The standard InChI is InChI=1S/2C16H30N2O4.Ca/c2*1-3-4-5-6-7-9-15(20)17-10-12-18(11-8-13-19)14(2)16(21)22;/h2*7,9,14,19H,3-6,8,10-13H2,1-2H3,(H,17,20)(H,21,22);/q;;+2/p-2/b2*9-7+;. The van der Waals surface area contributed by atoms with Crippen molar-refractivity contribution in [3.05, 3.63) is 24.3 Å². The van der Waals surface area contributed by atoms with E-state index in [9.17, 15) is 24.6 Å². The minimum atomic E-state index is -1.17. The van der Waals surface area contributed by atoms with E-state index in [1.54, 1.807) is 16.7 Å². The summed E-state index contributed by atoms with van der Waals surface area (Å²) in [5, 5.41) is 51.9. The number of nitrogens with zero attached hydrogens (tertiary/aromatic N) is 3. The van der Waals surface area contributed by atoms with E-state index in [2.05, 4.69) is 24.2 Å². The van der Waals surface area contributed by atoms with Crippen molar-refractivity contribution in [1.29, 1.82) is 0 Å². The van der Waals surface area contributed by atoms with Gasteiger partial charge in [0.25, 0.3) is 0 Å². The molecule has 45 heavy (non-hydrogen) atoms. The normalized spacial score (nSPS) is 13.0. The molecule has 256 valence electrons. The van der Waals surface area contributed by atoms with E-state index in [0.717, 1.165) is 44.9 Å². The molecule has 0 aromatic carbocycles. The molecule has 2 atom stereocenters. The van der Waals surface area contributed by atoms with E-state index >= 15 is 0 Å². The number of unbranched alkanes of at least 4 members (excludes halogenated alkanes) is 6. The molecule has 12 nitrogen and oxygen atoms in total. The topological polar surface area (TPSA) is 189 Å². The average Bonchev–Trinajstić information content (AvgIpc) is 2.99. The summed E-state index contributed by atoms with van der Waals surface area (Å²) >= 11 is 0. The SMILES string of the molecule is CCCCC/C=C/C(=O)NCCN(CCCO)C(C)C(=O)O.CCCCC/C=C/C([O-])=NCCN(CCCO)C(C)C(=O)[O-].[Ca+2]. The Morgan fingerprint density at radius 1 is 0.778 bits per heavy atom. The summed E-state index contributed by atoms with van der Waals surface area (Å²) in [4.78, 5) is 40.8. The molecule has 0 aromatic heterocycles. The van der Waals surface area contributed by atoms with Crippen molar-refractivity contribution >= 4 is 61.5 Å². The second-order valence-corrected chi connectivity index (χ2v) is 10.5. The first-order valence-electron chi connectivity index (χ1n) is 16.0. The maximum absolute atomic E-state index is 11.6. The van der Waals surface area contributed by atoms with E-state index < -0.39 is 24.0 Å². The van der Waals surface area contributed by atoms with Crippen LogP contribution < -0.4 is 15.5 Å². The van der Waals surface area contributed by atoms with Gasteiger partial charge < -0.3 is 35.6 Å². The second-order valence-electron chi connectivity index (χ2n) is 10.5. The van der Waals surface area contributed by atoms with Crippen molar-refractivity contribution in [3.8, 4) is 0 Å². The third kappa shape index (κ3) is 29.6. The summed E-state index contributed by atoms with van der Waals surface area (Å²) in [7, 11) is 0. The van der Waals surface area contributed by atoms with Gasteiger partial charge in [0.05, 0.1) is 12.5 Å². The maximum atomic E-state index is 11.6. The van der Waals surface area contributed by atoms with Crippen molar-refractivity contribution in [3.63, 3.8) is 0 Å². The van der Waals surface area contributed by atoms with Gasteiger partial charge in [-0.3, -0.25) is 24.4 Å². The molecule has 0 aliphatic heterocycles. The zero-order valence-electron chi connectivity index (χ0n) is 28.1. The Hall–Kier alpha value is -1.54. The van der Waals surface area contributed by atoms with Crippen LogP contribution in [0.1, 0.15) is 91.9 Å². The van der Waals surface area contributed by atoms with Gasteiger partial charge in [-0.2, -0.15) is 0 Å². The number of carboxylic acids is 2. The van der Waals surface area contributed by atoms with E-state index in [4.69, 9.17) is 15.3 Å². The Morgan fingerprint density at radius 2 is 1.29 bits per heavy atom. The average molecular weight is 667 g/mol. The Kier molecular flexibility index (Phi) is 36.0. The van der Waals surface area contributed by atoms with Crippen LogP contribution in [0.15, 0.2) is 29.3 Å². The number of aliphatic hydroxyl groups excluding tert-OH is 2. The first-order chi connectivity index (χ1) is 21.0. The van der Waals surface area contributed by atoms with Crippen molar-refractivity contribution in [2.24, 2.45) is 4.99 Å². The fraction of sp³-hybridized carbons (Fsp3) is 0.750. The zero-order chi connectivity index (χ0) is 33.6. The maximum Gasteiger partial charge on any atom is 2.00 e. The van der Waals surface area contributed by atoms with Gasteiger partial charge in [0.15, 0.2) is 0 Å². The fourth-order valence-corrected chi connectivity index (χ4v) is 3.97. The van der Waals surface area contributed by atoms with Crippen LogP contribution in [0, 0.1) is 0 Å². The summed E-state index contributed by atoms with van der Waals surface area (Å²) in [5.74, 6) is -2.51. The third-order valence-electron chi connectivity index (χ3n) is 6.83. The van der Waals surface area contributed by atoms with Gasteiger partial charge in [0, 0.05) is 52.0 Å². The minimum Gasteiger partial charge on any atom is -0.859 e. The van der Waals surface area contributed by atoms with Gasteiger partial charge in [0.2, 0.25) is 5.91 Å². The van der Waals surface area contributed by atoms with Crippen LogP contribution >= 0.6 is 0 Å². The molecule has 4 N–H and O–H groups in total. The molecule has 0 radical (unpaired) electrons. The quantitative estimate of drug-likeness (QED) is 0.0337. The van der Waals surface area contributed by atoms with Gasteiger partial charge in [0.1, 0.15) is 6.04 Å². The summed E-state index contributed by atoms with van der Waals surface area (Å²) in [6.07, 6.45) is 16.2. The molecule has 0 spiro atoms. The Bertz CT molecular complexity index is 842. The number of aliphatic imine (C=N–C) groups is 1. The molecule has 0 fully saturated rings. The number of amides is 1. The Balaban J connectivity index is -0.000000767. The summed E-state index contributed by atoms with van der Waals surface area (Å²) in [6, 6.07) is -1.39. The minimum absolute atomic E-state index is 0. The van der Waals surface area contributed by atoms with Gasteiger partial charge >= 0.3 is 43.7 Å². The van der Waals surface area contributed by atoms with Crippen molar-refractivity contribution < 1.29 is 39.9 Å². The van der Waals surface area contributed by atoms with Crippen LogP contribution in [-0.4, -0.2) is 151 Å². The molecule has 0 heterocycles. The number of nitrogens with one attached hydrogen (secondary N) is 1. The number of hydrogen-bond acceptors (Lipinski definition) is 10. The van der Waals surface area contributed by atoms with Gasteiger partial charge in [-0.1, -0.05) is 57.8 Å². The molecule has 1 amide bonds. The largest absolute Gasteiger partial charge is 2.00 e. The second kappa shape index (κ2) is 33.8. The molecule has 0 aliphatic carbocycles. The van der Waals surface area contributed by atoms with Crippen LogP contribution in [0.4, 0.5) is 0 Å². The van der Waals surface area contributed by atoms with Gasteiger partial charge in [-0.15, -0.1) is 0 Å². The van der Waals surface area contributed by atoms with E-state index in [1.807, 2.05) is 12.2 Å². The summed E-state index contributed by atoms with van der Waals surface area (Å²) in [5.41, 5.74) is 0. The van der Waals surface area contributed by atoms with Crippen LogP contribution in [0.2, 0.25) is 0 Å². The van der Waals surface area contributed by atoms with Crippen molar-refractivity contribution in [2.45, 2.75) is 104 Å². The monoisotopic (exact) mass is 666 g/mol. The summed E-state index contributed by atoms with van der Waals surface area (Å²) < 4.78 is 0. The number of aliphatic carboxylic acids is 2. The number of aliphatic hydroxyl groups is 2. The first kappa shape index (κ1) is 47.9. The molecule has 0 saturated carbocycles. The fourth-order valence-electron chi connectivity index (χ4n) is 3.97. The van der Waals surface area contributed by atoms with Crippen LogP contribution in [-0.2, 0) is 14.4 Å². The molecule has 0 bridgehead atoms. The van der Waals surface area contributed by atoms with Crippen LogP contribution in [0.5, 0.6) is 0 Å². The number of carboxylic acid groups (broad SMARTS) is 2. The smallest absolute Gasteiger partial charge is 0.859 e. The number of rotatable bonds is 26. The number of allylic oxidation sites excluding steroid dienone is 2. The number of hydrogen-bond donors (Lipinski definition) is 4. The Morgan fingerprint density at radius 3 is 1.76 bits per heavy atom. The van der Waals surface area contributed by atoms with Crippen LogP contribution in [0.25, 0.3) is 0 Å². The number of carbonyl (C=O) groups is 3. The summed E-state index contributed by atoms with van der Waals surface area (Å²) in [6.45, 7) is 9.77. The van der Waals surface area contributed by atoms with Crippen molar-refractivity contribution in [2.75, 3.05) is 52.5 Å². The van der Waals surface area contributed by atoms with Gasteiger partial charge in [-0.25, -0.2) is 0 Å². The number of carbonyl (C=O) groups excluding carboxylic acids is 2. The van der Waals surface area contributed by atoms with Crippen LogP contribution in [0.3, 0.4) is 0 Å². The molecule has 13 heteroatoms.